The van der Waals surface area contributed by atoms with E-state index in [0.29, 0.717) is 19.0 Å². The van der Waals surface area contributed by atoms with Crippen molar-refractivity contribution in [2.75, 3.05) is 45.5 Å². The fourth-order valence-corrected chi connectivity index (χ4v) is 3.71. The maximum Gasteiger partial charge on any atom is 0.211 e. The number of rotatable bonds is 8. The number of nitrogens with zero attached hydrogens (tertiary/aromatic N) is 2. The Bertz CT molecular complexity index is 346. The second-order valence-electron chi connectivity index (χ2n) is 5.57. The first kappa shape index (κ1) is 16.9. The monoisotopic (exact) mass is 291 g/mol. The Morgan fingerprint density at radius 2 is 2.11 bits per heavy atom. The molecule has 0 bridgehead atoms. The van der Waals surface area contributed by atoms with Gasteiger partial charge >= 0.3 is 0 Å². The molecule has 1 aliphatic heterocycles. The fourth-order valence-electron chi connectivity index (χ4n) is 2.77. The topological polar surface area (TPSA) is 66.6 Å². The van der Waals surface area contributed by atoms with Crippen molar-refractivity contribution >= 4 is 10.0 Å². The zero-order valence-electron chi connectivity index (χ0n) is 12.3. The van der Waals surface area contributed by atoms with Crippen LogP contribution in [0.4, 0.5) is 0 Å². The zero-order valence-corrected chi connectivity index (χ0v) is 13.2. The summed E-state index contributed by atoms with van der Waals surface area (Å²) in [5.74, 6) is 0.466. The predicted molar refractivity (Wildman–Crippen MR) is 79.5 cm³/mol. The minimum absolute atomic E-state index is 0.466. The summed E-state index contributed by atoms with van der Waals surface area (Å²) in [5.41, 5.74) is 5.57. The van der Waals surface area contributed by atoms with E-state index >= 15 is 0 Å². The molecule has 0 radical (unpaired) electrons. The van der Waals surface area contributed by atoms with Crippen LogP contribution in [0.25, 0.3) is 0 Å². The van der Waals surface area contributed by atoms with Gasteiger partial charge in [0.25, 0.3) is 0 Å². The molecule has 0 amide bonds. The van der Waals surface area contributed by atoms with Crippen LogP contribution in [0.5, 0.6) is 0 Å². The van der Waals surface area contributed by atoms with Gasteiger partial charge in [0, 0.05) is 19.6 Å². The highest BCUT2D eigenvalue weighted by molar-refractivity contribution is 7.88. The first-order valence-corrected chi connectivity index (χ1v) is 9.19. The van der Waals surface area contributed by atoms with Gasteiger partial charge in [0.05, 0.1) is 6.26 Å². The second-order valence-corrected chi connectivity index (χ2v) is 7.55. The van der Waals surface area contributed by atoms with Crippen molar-refractivity contribution < 1.29 is 8.42 Å². The van der Waals surface area contributed by atoms with Crippen molar-refractivity contribution in [2.45, 2.75) is 32.6 Å². The van der Waals surface area contributed by atoms with Gasteiger partial charge in [0.15, 0.2) is 0 Å². The maximum absolute atomic E-state index is 11.6. The minimum atomic E-state index is -3.03. The lowest BCUT2D eigenvalue weighted by molar-refractivity contribution is 0.177. The molecule has 0 saturated carbocycles. The van der Waals surface area contributed by atoms with Crippen LogP contribution in [0.2, 0.25) is 0 Å². The van der Waals surface area contributed by atoms with Crippen LogP contribution in [-0.4, -0.2) is 63.1 Å². The average molecular weight is 291 g/mol. The molecule has 6 heteroatoms. The van der Waals surface area contributed by atoms with E-state index in [1.807, 2.05) is 0 Å². The second kappa shape index (κ2) is 8.19. The van der Waals surface area contributed by atoms with E-state index in [9.17, 15) is 8.42 Å². The van der Waals surface area contributed by atoms with E-state index in [1.165, 1.54) is 6.26 Å². The Kier molecular flexibility index (Phi) is 7.28. The van der Waals surface area contributed by atoms with Crippen molar-refractivity contribution in [2.24, 2.45) is 11.7 Å². The lowest BCUT2D eigenvalue weighted by Gasteiger charge is -2.34. The SMILES string of the molecule is CCCN(CCCN)CC1CCCN(S(C)(=O)=O)C1. The predicted octanol–water partition coefficient (Wildman–Crippen LogP) is 0.719. The number of hydrogen-bond donors (Lipinski definition) is 1. The standard InChI is InChI=1S/C13H29N3O2S/c1-3-8-15(9-5-7-14)11-13-6-4-10-16(12-13)19(2,17)18/h13H,3-12,14H2,1-2H3. The fraction of sp³-hybridized carbons (Fsp3) is 1.00. The van der Waals surface area contributed by atoms with Crippen LogP contribution in [-0.2, 0) is 10.0 Å². The molecule has 1 atom stereocenters. The first-order chi connectivity index (χ1) is 8.97. The summed E-state index contributed by atoms with van der Waals surface area (Å²) >= 11 is 0. The Hall–Kier alpha value is -0.170. The quantitative estimate of drug-likeness (QED) is 0.715. The van der Waals surface area contributed by atoms with Gasteiger partial charge < -0.3 is 10.6 Å². The van der Waals surface area contributed by atoms with Crippen LogP contribution in [0.1, 0.15) is 32.6 Å². The van der Waals surface area contributed by atoms with Crippen molar-refractivity contribution in [1.82, 2.24) is 9.21 Å². The van der Waals surface area contributed by atoms with Crippen molar-refractivity contribution in [1.29, 1.82) is 0 Å². The Balaban J connectivity index is 2.49. The molecular weight excluding hydrogens is 262 g/mol. The highest BCUT2D eigenvalue weighted by atomic mass is 32.2. The summed E-state index contributed by atoms with van der Waals surface area (Å²) in [5, 5.41) is 0. The highest BCUT2D eigenvalue weighted by Gasteiger charge is 2.26. The third-order valence-electron chi connectivity index (χ3n) is 3.69. The molecule has 0 spiro atoms. The normalized spacial score (nSPS) is 22.0. The van der Waals surface area contributed by atoms with Crippen LogP contribution in [0.3, 0.4) is 0 Å². The lowest BCUT2D eigenvalue weighted by atomic mass is 9.99. The molecule has 0 aromatic heterocycles. The molecule has 1 heterocycles. The molecule has 1 saturated heterocycles. The van der Waals surface area contributed by atoms with E-state index < -0.39 is 10.0 Å². The molecule has 19 heavy (non-hydrogen) atoms. The van der Waals surface area contributed by atoms with Crippen LogP contribution in [0, 0.1) is 5.92 Å². The minimum Gasteiger partial charge on any atom is -0.330 e. The zero-order chi connectivity index (χ0) is 14.3. The van der Waals surface area contributed by atoms with Gasteiger partial charge in [-0.15, -0.1) is 0 Å². The van der Waals surface area contributed by atoms with Gasteiger partial charge in [-0.2, -0.15) is 0 Å². The van der Waals surface area contributed by atoms with Crippen LogP contribution >= 0.6 is 0 Å². The highest BCUT2D eigenvalue weighted by Crippen LogP contribution is 2.19. The van der Waals surface area contributed by atoms with Crippen molar-refractivity contribution in [3.8, 4) is 0 Å². The number of nitrogens with two attached hydrogens (primary N) is 1. The molecule has 1 rings (SSSR count). The molecular formula is C13H29N3O2S. The summed E-state index contributed by atoms with van der Waals surface area (Å²) in [6, 6.07) is 0. The number of piperidine rings is 1. The molecule has 0 aliphatic carbocycles. The van der Waals surface area contributed by atoms with Crippen molar-refractivity contribution in [3.05, 3.63) is 0 Å². The van der Waals surface area contributed by atoms with Gasteiger partial charge in [-0.3, -0.25) is 0 Å². The average Bonchev–Trinajstić information content (AvgIpc) is 2.35. The van der Waals surface area contributed by atoms with E-state index in [-0.39, 0.29) is 0 Å². The van der Waals surface area contributed by atoms with E-state index in [2.05, 4.69) is 11.8 Å². The molecule has 1 unspecified atom stereocenters. The van der Waals surface area contributed by atoms with Gasteiger partial charge in [-0.05, 0) is 51.2 Å². The molecule has 5 nitrogen and oxygen atoms in total. The maximum atomic E-state index is 11.6. The smallest absolute Gasteiger partial charge is 0.211 e. The third-order valence-corrected chi connectivity index (χ3v) is 4.96. The molecule has 0 aromatic rings. The summed E-state index contributed by atoms with van der Waals surface area (Å²) in [6.45, 7) is 7.38. The molecule has 114 valence electrons. The Morgan fingerprint density at radius 1 is 1.37 bits per heavy atom. The largest absolute Gasteiger partial charge is 0.330 e. The summed E-state index contributed by atoms with van der Waals surface area (Å²) in [4.78, 5) is 2.43. The lowest BCUT2D eigenvalue weighted by Crippen LogP contribution is -2.43. The van der Waals surface area contributed by atoms with Gasteiger partial charge in [0.2, 0.25) is 10.0 Å². The van der Waals surface area contributed by atoms with Crippen LogP contribution in [0.15, 0.2) is 0 Å². The van der Waals surface area contributed by atoms with Crippen molar-refractivity contribution in [3.63, 3.8) is 0 Å². The first-order valence-electron chi connectivity index (χ1n) is 7.35. The van der Waals surface area contributed by atoms with E-state index in [1.54, 1.807) is 4.31 Å². The molecule has 0 aromatic carbocycles. The summed E-state index contributed by atoms with van der Waals surface area (Å²) < 4.78 is 24.9. The summed E-state index contributed by atoms with van der Waals surface area (Å²) in [7, 11) is -3.03. The van der Waals surface area contributed by atoms with E-state index in [4.69, 9.17) is 5.73 Å². The molecule has 2 N–H and O–H groups in total. The summed E-state index contributed by atoms with van der Waals surface area (Å²) in [6.07, 6.45) is 5.58. The molecule has 1 fully saturated rings. The number of hydrogen-bond acceptors (Lipinski definition) is 4. The van der Waals surface area contributed by atoms with E-state index in [0.717, 1.165) is 51.9 Å². The van der Waals surface area contributed by atoms with Crippen LogP contribution < -0.4 is 5.73 Å². The Labute approximate surface area is 118 Å². The van der Waals surface area contributed by atoms with Gasteiger partial charge in [-0.1, -0.05) is 6.92 Å². The molecule has 1 aliphatic rings. The Morgan fingerprint density at radius 3 is 2.68 bits per heavy atom. The third kappa shape index (κ3) is 6.21. The number of sulfonamides is 1. The van der Waals surface area contributed by atoms with Gasteiger partial charge in [0.1, 0.15) is 0 Å². The van der Waals surface area contributed by atoms with Gasteiger partial charge in [-0.25, -0.2) is 12.7 Å².